The molecule has 0 atom stereocenters. The molecule has 0 amide bonds. The van der Waals surface area contributed by atoms with Gasteiger partial charge in [-0.05, 0) is 23.3 Å². The molecular weight excluding hydrogens is 176 g/mol. The molecule has 0 fully saturated rings. The summed E-state index contributed by atoms with van der Waals surface area (Å²) in [5.74, 6) is 0. The molecule has 0 saturated carbocycles. The fourth-order valence-electron chi connectivity index (χ4n) is 1.74. The highest BCUT2D eigenvalue weighted by atomic mass is 17.1. The van der Waals surface area contributed by atoms with Crippen molar-refractivity contribution in [3.05, 3.63) is 47.5 Å². The average molecular weight is 188 g/mol. The highest BCUT2D eigenvalue weighted by Crippen LogP contribution is 2.21. The van der Waals surface area contributed by atoms with Crippen molar-refractivity contribution in [2.75, 3.05) is 0 Å². The van der Waals surface area contributed by atoms with Gasteiger partial charge in [0, 0.05) is 0 Å². The molecule has 72 valence electrons. The molecule has 2 aromatic rings. The summed E-state index contributed by atoms with van der Waals surface area (Å²) in [7, 11) is 0. The second kappa shape index (κ2) is 3.78. The van der Waals surface area contributed by atoms with Crippen LogP contribution in [0.25, 0.3) is 10.8 Å². The number of hydrogen-bond donors (Lipinski definition) is 1. The Balaban J connectivity index is 2.67. The van der Waals surface area contributed by atoms with E-state index in [0.717, 1.165) is 10.9 Å². The molecule has 14 heavy (non-hydrogen) atoms. The van der Waals surface area contributed by atoms with Crippen LogP contribution in [0.5, 0.6) is 0 Å². The average Bonchev–Trinajstić information content (AvgIpc) is 2.18. The van der Waals surface area contributed by atoms with Crippen molar-refractivity contribution in [3.63, 3.8) is 0 Å². The number of rotatable bonds is 2. The van der Waals surface area contributed by atoms with Gasteiger partial charge in [0.05, 0.1) is 0 Å². The topological polar surface area (TPSA) is 29.5 Å². The van der Waals surface area contributed by atoms with Crippen molar-refractivity contribution in [2.45, 2.75) is 13.5 Å². The molecule has 2 heteroatoms. The van der Waals surface area contributed by atoms with Gasteiger partial charge in [0.15, 0.2) is 0 Å². The number of benzene rings is 2. The Hall–Kier alpha value is -1.38. The molecule has 0 spiro atoms. The van der Waals surface area contributed by atoms with Crippen LogP contribution in [-0.4, -0.2) is 5.26 Å². The van der Waals surface area contributed by atoms with Crippen molar-refractivity contribution in [3.8, 4) is 0 Å². The lowest BCUT2D eigenvalue weighted by Crippen LogP contribution is -1.90. The van der Waals surface area contributed by atoms with Gasteiger partial charge in [-0.2, -0.15) is 0 Å². The van der Waals surface area contributed by atoms with E-state index in [9.17, 15) is 0 Å². The minimum absolute atomic E-state index is 0.238. The van der Waals surface area contributed by atoms with E-state index in [0.29, 0.717) is 0 Å². The Labute approximate surface area is 82.7 Å². The minimum atomic E-state index is 0.238. The summed E-state index contributed by atoms with van der Waals surface area (Å²) in [6, 6.07) is 12.2. The lowest BCUT2D eigenvalue weighted by molar-refractivity contribution is -0.252. The van der Waals surface area contributed by atoms with Crippen LogP contribution in [0.3, 0.4) is 0 Å². The second-order valence-electron chi connectivity index (χ2n) is 3.42. The maximum atomic E-state index is 8.47. The van der Waals surface area contributed by atoms with Gasteiger partial charge in [0.1, 0.15) is 6.61 Å². The molecule has 0 heterocycles. The van der Waals surface area contributed by atoms with Crippen LogP contribution < -0.4 is 0 Å². The van der Waals surface area contributed by atoms with Crippen LogP contribution in [0.15, 0.2) is 36.4 Å². The summed E-state index contributed by atoms with van der Waals surface area (Å²) < 4.78 is 0. The molecule has 0 aliphatic carbocycles. The monoisotopic (exact) mass is 188 g/mol. The van der Waals surface area contributed by atoms with E-state index in [4.69, 9.17) is 5.26 Å². The van der Waals surface area contributed by atoms with Crippen molar-refractivity contribution in [1.82, 2.24) is 0 Å². The Morgan fingerprint density at radius 3 is 2.79 bits per heavy atom. The van der Waals surface area contributed by atoms with Crippen LogP contribution in [0.1, 0.15) is 11.1 Å². The summed E-state index contributed by atoms with van der Waals surface area (Å²) in [4.78, 5) is 4.19. The molecule has 0 aliphatic heterocycles. The third kappa shape index (κ3) is 1.62. The van der Waals surface area contributed by atoms with Gasteiger partial charge in [-0.15, -0.1) is 0 Å². The lowest BCUT2D eigenvalue weighted by Gasteiger charge is -2.06. The molecule has 0 bridgehead atoms. The summed E-state index contributed by atoms with van der Waals surface area (Å²) in [5, 5.41) is 10.8. The van der Waals surface area contributed by atoms with E-state index < -0.39 is 0 Å². The molecule has 2 nitrogen and oxygen atoms in total. The van der Waals surface area contributed by atoms with E-state index in [-0.39, 0.29) is 6.61 Å². The number of aryl methyl sites for hydroxylation is 1. The van der Waals surface area contributed by atoms with Crippen molar-refractivity contribution in [1.29, 1.82) is 0 Å². The van der Waals surface area contributed by atoms with E-state index in [2.05, 4.69) is 17.0 Å². The third-order valence-corrected chi connectivity index (χ3v) is 2.31. The predicted molar refractivity (Wildman–Crippen MR) is 56.1 cm³/mol. The molecule has 1 N–H and O–H groups in total. The number of fused-ring (bicyclic) bond motifs is 1. The summed E-state index contributed by atoms with van der Waals surface area (Å²) in [6.07, 6.45) is 0. The first-order chi connectivity index (χ1) is 6.81. The number of hydrogen-bond acceptors (Lipinski definition) is 2. The van der Waals surface area contributed by atoms with Crippen LogP contribution >= 0.6 is 0 Å². The Bertz CT molecular complexity index is 449. The van der Waals surface area contributed by atoms with E-state index >= 15 is 0 Å². The van der Waals surface area contributed by atoms with Gasteiger partial charge in [0.25, 0.3) is 0 Å². The van der Waals surface area contributed by atoms with E-state index in [1.807, 2.05) is 31.2 Å². The Morgan fingerprint density at radius 2 is 2.00 bits per heavy atom. The summed E-state index contributed by atoms with van der Waals surface area (Å²) in [6.45, 7) is 2.27. The van der Waals surface area contributed by atoms with Gasteiger partial charge in [-0.1, -0.05) is 42.0 Å². The van der Waals surface area contributed by atoms with Gasteiger partial charge in [0.2, 0.25) is 0 Å². The van der Waals surface area contributed by atoms with Crippen LogP contribution in [-0.2, 0) is 11.5 Å². The van der Waals surface area contributed by atoms with Crippen molar-refractivity contribution < 1.29 is 10.1 Å². The molecule has 0 unspecified atom stereocenters. The van der Waals surface area contributed by atoms with Crippen molar-refractivity contribution in [2.24, 2.45) is 0 Å². The van der Waals surface area contributed by atoms with Crippen LogP contribution in [0.4, 0.5) is 0 Å². The van der Waals surface area contributed by atoms with E-state index in [1.165, 1.54) is 10.9 Å². The SMILES string of the molecule is Cc1cc(COO)c2ccccc2c1. The third-order valence-electron chi connectivity index (χ3n) is 2.31. The maximum absolute atomic E-state index is 8.47. The zero-order chi connectivity index (χ0) is 9.97. The molecule has 0 aromatic heterocycles. The zero-order valence-corrected chi connectivity index (χ0v) is 8.03. The van der Waals surface area contributed by atoms with Gasteiger partial charge in [-0.25, -0.2) is 4.89 Å². The van der Waals surface area contributed by atoms with Crippen LogP contribution in [0, 0.1) is 6.92 Å². The largest absolute Gasteiger partial charge is 0.251 e. The predicted octanol–water partition coefficient (Wildman–Crippen LogP) is 3.14. The summed E-state index contributed by atoms with van der Waals surface area (Å²) >= 11 is 0. The lowest BCUT2D eigenvalue weighted by atomic mass is 10.0. The van der Waals surface area contributed by atoms with E-state index in [1.54, 1.807) is 0 Å². The molecular formula is C12H12O2. The Kier molecular flexibility index (Phi) is 2.48. The molecule has 0 aliphatic rings. The molecule has 0 saturated heterocycles. The smallest absolute Gasteiger partial charge is 0.108 e. The normalized spacial score (nSPS) is 10.7. The quantitative estimate of drug-likeness (QED) is 0.579. The van der Waals surface area contributed by atoms with Gasteiger partial charge in [-0.3, -0.25) is 5.26 Å². The van der Waals surface area contributed by atoms with Crippen LogP contribution in [0.2, 0.25) is 0 Å². The highest BCUT2D eigenvalue weighted by Gasteiger charge is 2.01. The van der Waals surface area contributed by atoms with Gasteiger partial charge < -0.3 is 0 Å². The Morgan fingerprint density at radius 1 is 1.21 bits per heavy atom. The minimum Gasteiger partial charge on any atom is -0.251 e. The fourth-order valence-corrected chi connectivity index (χ4v) is 1.74. The highest BCUT2D eigenvalue weighted by molar-refractivity contribution is 5.86. The van der Waals surface area contributed by atoms with Crippen molar-refractivity contribution >= 4 is 10.8 Å². The first kappa shape index (κ1) is 9.19. The maximum Gasteiger partial charge on any atom is 0.108 e. The first-order valence-corrected chi connectivity index (χ1v) is 4.56. The molecule has 0 radical (unpaired) electrons. The molecule has 2 rings (SSSR count). The first-order valence-electron chi connectivity index (χ1n) is 4.56. The standard InChI is InChI=1S/C12H12O2/c1-9-6-10-4-2-3-5-12(10)11(7-9)8-14-13/h2-7,13H,8H2,1H3. The fraction of sp³-hybridized carbons (Fsp3) is 0.167. The zero-order valence-electron chi connectivity index (χ0n) is 8.03. The van der Waals surface area contributed by atoms with Gasteiger partial charge >= 0.3 is 0 Å². The molecule has 2 aromatic carbocycles. The second-order valence-corrected chi connectivity index (χ2v) is 3.42. The summed E-state index contributed by atoms with van der Waals surface area (Å²) in [5.41, 5.74) is 2.19.